The molecule has 5 aliphatic rings. The molecule has 0 aromatic carbocycles. The van der Waals surface area contributed by atoms with Gasteiger partial charge in [0.2, 0.25) is 0 Å². The molecule has 0 saturated heterocycles. The predicted molar refractivity (Wildman–Crippen MR) is 143 cm³/mol. The highest BCUT2D eigenvalue weighted by molar-refractivity contribution is 5.66. The Hall–Kier alpha value is -0.610. The van der Waals surface area contributed by atoms with Crippen molar-refractivity contribution in [1.82, 2.24) is 0 Å². The Morgan fingerprint density at radius 1 is 0.861 bits per heavy atom. The van der Waals surface area contributed by atoms with E-state index in [0.717, 1.165) is 38.5 Å². The van der Waals surface area contributed by atoms with Crippen molar-refractivity contribution in [2.75, 3.05) is 0 Å². The van der Waals surface area contributed by atoms with Gasteiger partial charge in [0, 0.05) is 12.3 Å². The second kappa shape index (κ2) is 7.96. The number of rotatable bonds is 2. The number of fused-ring (bicyclic) bond motifs is 7. The van der Waals surface area contributed by atoms with Crippen LogP contribution < -0.4 is 0 Å². The summed E-state index contributed by atoms with van der Waals surface area (Å²) >= 11 is 0. The molecule has 11 atom stereocenters. The van der Waals surface area contributed by atoms with Crippen molar-refractivity contribution in [3.8, 4) is 0 Å². The van der Waals surface area contributed by atoms with E-state index >= 15 is 0 Å². The number of esters is 1. The molecular formula is C32H54O4. The van der Waals surface area contributed by atoms with Crippen LogP contribution in [0.25, 0.3) is 0 Å². The van der Waals surface area contributed by atoms with Crippen LogP contribution >= 0.6 is 0 Å². The van der Waals surface area contributed by atoms with E-state index in [1.165, 1.54) is 26.2 Å². The van der Waals surface area contributed by atoms with Gasteiger partial charge in [0.25, 0.3) is 0 Å². The first-order valence-electron chi connectivity index (χ1n) is 15.0. The Morgan fingerprint density at radius 2 is 1.50 bits per heavy atom. The lowest BCUT2D eigenvalue weighted by Gasteiger charge is -2.75. The van der Waals surface area contributed by atoms with Crippen LogP contribution in [-0.2, 0) is 9.53 Å². The molecule has 5 fully saturated rings. The van der Waals surface area contributed by atoms with Crippen LogP contribution in [0.5, 0.6) is 0 Å². The van der Waals surface area contributed by atoms with Gasteiger partial charge in [0.15, 0.2) is 0 Å². The van der Waals surface area contributed by atoms with Gasteiger partial charge >= 0.3 is 5.97 Å². The SMILES string of the molecule is CC(=O)O[C@H]1[C@H](O)[C@@H]2C(C)(C)CCC[C@]2(C)[C@H]2CC[C@@H]3[C@@]4(C)CC[C@H](C(C)(C)O)[C@H]4CC[C@@]3(C)[C@@]21C. The number of carbonyl (C=O) groups excluding carboxylic acids is 1. The number of aliphatic hydroxyl groups excluding tert-OH is 1. The molecule has 5 rings (SSSR count). The molecule has 206 valence electrons. The standard InChI is InChI=1S/C32H54O4/c1-19(33)36-26-24(34)25-27(2,3)15-10-16-30(25,7)23-12-11-22-29(6)17-13-20(28(4,5)35)21(29)14-18-31(22,8)32(23,26)9/h20-26,34-35H,10-18H2,1-9H3/t20-,21+,22+,23+,24+,25+,26-,29-,30+,31+,32-/m0/s1. The van der Waals surface area contributed by atoms with Crippen molar-refractivity contribution in [3.63, 3.8) is 0 Å². The first-order chi connectivity index (χ1) is 16.4. The van der Waals surface area contributed by atoms with Crippen molar-refractivity contribution >= 4 is 5.97 Å². The molecule has 0 aromatic heterocycles. The molecule has 0 unspecified atom stereocenters. The van der Waals surface area contributed by atoms with Gasteiger partial charge in [0.05, 0.1) is 11.7 Å². The molecule has 0 amide bonds. The molecule has 0 spiro atoms. The maximum atomic E-state index is 12.6. The highest BCUT2D eigenvalue weighted by atomic mass is 16.6. The van der Waals surface area contributed by atoms with E-state index in [9.17, 15) is 15.0 Å². The molecule has 5 aliphatic carbocycles. The summed E-state index contributed by atoms with van der Waals surface area (Å²) in [6.07, 6.45) is 9.24. The van der Waals surface area contributed by atoms with Crippen molar-refractivity contribution < 1.29 is 19.7 Å². The quantitative estimate of drug-likeness (QED) is 0.409. The van der Waals surface area contributed by atoms with Crippen LogP contribution in [0.15, 0.2) is 0 Å². The third-order valence-electron chi connectivity index (χ3n) is 13.9. The highest BCUT2D eigenvalue weighted by Crippen LogP contribution is 2.78. The Bertz CT molecular complexity index is 904. The zero-order chi connectivity index (χ0) is 26.7. The zero-order valence-electron chi connectivity index (χ0n) is 24.6. The molecule has 4 heteroatoms. The fourth-order valence-electron chi connectivity index (χ4n) is 12.6. The fourth-order valence-corrected chi connectivity index (χ4v) is 12.6. The Labute approximate surface area is 220 Å². The summed E-state index contributed by atoms with van der Waals surface area (Å²) in [4.78, 5) is 12.6. The Kier molecular flexibility index (Phi) is 5.97. The summed E-state index contributed by atoms with van der Waals surface area (Å²) in [7, 11) is 0. The Morgan fingerprint density at radius 3 is 2.11 bits per heavy atom. The van der Waals surface area contributed by atoms with Crippen LogP contribution in [-0.4, -0.2) is 34.0 Å². The largest absolute Gasteiger partial charge is 0.459 e. The fraction of sp³-hybridized carbons (Fsp3) is 0.969. The summed E-state index contributed by atoms with van der Waals surface area (Å²) in [5.41, 5.74) is -0.691. The summed E-state index contributed by atoms with van der Waals surface area (Å²) < 4.78 is 6.27. The van der Waals surface area contributed by atoms with Gasteiger partial charge in [-0.05, 0) is 116 Å². The van der Waals surface area contributed by atoms with Gasteiger partial charge in [-0.2, -0.15) is 0 Å². The van der Waals surface area contributed by atoms with Crippen LogP contribution in [0.1, 0.15) is 120 Å². The lowest BCUT2D eigenvalue weighted by atomic mass is 9.31. The number of aliphatic hydroxyl groups is 2. The Balaban J connectivity index is 1.63. The maximum absolute atomic E-state index is 12.6. The average Bonchev–Trinajstić information content (AvgIpc) is 3.08. The molecule has 36 heavy (non-hydrogen) atoms. The van der Waals surface area contributed by atoms with Crippen LogP contribution in [0.3, 0.4) is 0 Å². The zero-order valence-corrected chi connectivity index (χ0v) is 24.6. The second-order valence-corrected chi connectivity index (χ2v) is 16.2. The van der Waals surface area contributed by atoms with Crippen molar-refractivity contribution in [2.45, 2.75) is 138 Å². The lowest BCUT2D eigenvalue weighted by molar-refractivity contribution is -0.313. The van der Waals surface area contributed by atoms with Gasteiger partial charge in [0.1, 0.15) is 6.10 Å². The molecular weight excluding hydrogens is 448 g/mol. The molecule has 0 bridgehead atoms. The van der Waals surface area contributed by atoms with E-state index in [2.05, 4.69) is 41.5 Å². The van der Waals surface area contributed by atoms with Crippen molar-refractivity contribution in [3.05, 3.63) is 0 Å². The second-order valence-electron chi connectivity index (χ2n) is 16.2. The first kappa shape index (κ1) is 27.0. The average molecular weight is 503 g/mol. The molecule has 2 N–H and O–H groups in total. The minimum Gasteiger partial charge on any atom is -0.459 e. The van der Waals surface area contributed by atoms with E-state index in [1.54, 1.807) is 0 Å². The van der Waals surface area contributed by atoms with Gasteiger partial charge in [-0.1, -0.05) is 48.0 Å². The van der Waals surface area contributed by atoms with Crippen LogP contribution in [0, 0.1) is 56.7 Å². The highest BCUT2D eigenvalue weighted by Gasteiger charge is 2.75. The summed E-state index contributed by atoms with van der Waals surface area (Å²) in [6, 6.07) is 0. The first-order valence-corrected chi connectivity index (χ1v) is 15.0. The van der Waals surface area contributed by atoms with Gasteiger partial charge in [-0.25, -0.2) is 0 Å². The van der Waals surface area contributed by atoms with E-state index in [0.29, 0.717) is 23.7 Å². The van der Waals surface area contributed by atoms with E-state index in [4.69, 9.17) is 4.74 Å². The van der Waals surface area contributed by atoms with Crippen molar-refractivity contribution in [1.29, 1.82) is 0 Å². The molecule has 4 nitrogen and oxygen atoms in total. The smallest absolute Gasteiger partial charge is 0.303 e. The van der Waals surface area contributed by atoms with E-state index < -0.39 is 17.8 Å². The summed E-state index contributed by atoms with van der Waals surface area (Å²) in [6.45, 7) is 20.1. The molecule has 0 heterocycles. The van der Waals surface area contributed by atoms with Gasteiger partial charge in [-0.3, -0.25) is 4.79 Å². The maximum Gasteiger partial charge on any atom is 0.303 e. The molecule has 5 saturated carbocycles. The lowest BCUT2D eigenvalue weighted by Crippen LogP contribution is -2.74. The van der Waals surface area contributed by atoms with Crippen molar-refractivity contribution in [2.24, 2.45) is 56.7 Å². The molecule has 0 aromatic rings. The summed E-state index contributed by atoms with van der Waals surface area (Å²) in [5, 5.41) is 23.3. The van der Waals surface area contributed by atoms with Gasteiger partial charge in [-0.15, -0.1) is 0 Å². The van der Waals surface area contributed by atoms with E-state index in [-0.39, 0.29) is 39.0 Å². The minimum absolute atomic E-state index is 0.0215. The van der Waals surface area contributed by atoms with Crippen LogP contribution in [0.2, 0.25) is 0 Å². The van der Waals surface area contributed by atoms with E-state index in [1.807, 2.05) is 13.8 Å². The number of hydrogen-bond donors (Lipinski definition) is 2. The topological polar surface area (TPSA) is 66.8 Å². The monoisotopic (exact) mass is 502 g/mol. The van der Waals surface area contributed by atoms with Crippen LogP contribution in [0.4, 0.5) is 0 Å². The number of ether oxygens (including phenoxy) is 1. The third kappa shape index (κ3) is 3.28. The normalized spacial score (nSPS) is 54.0. The molecule has 0 aliphatic heterocycles. The minimum atomic E-state index is -0.646. The summed E-state index contributed by atoms with van der Waals surface area (Å²) in [5.74, 6) is 1.70. The molecule has 0 radical (unpaired) electrons. The van der Waals surface area contributed by atoms with Gasteiger partial charge < -0.3 is 14.9 Å². The number of carbonyl (C=O) groups is 1. The third-order valence-corrected chi connectivity index (χ3v) is 13.9. The predicted octanol–water partition coefficient (Wildman–Crippen LogP) is 6.76. The number of hydrogen-bond acceptors (Lipinski definition) is 4.